The number of likely N-dealkylation sites (N-methyl/N-ethyl adjacent to an activating group) is 1. The van der Waals surface area contributed by atoms with Gasteiger partial charge in [-0.1, -0.05) is 37.3 Å². The Kier molecular flexibility index (Phi) is 6.51. The Morgan fingerprint density at radius 1 is 1.04 bits per heavy atom. The molecular formula is C22H29FN2O. The first-order valence-electron chi connectivity index (χ1n) is 9.56. The Bertz CT molecular complexity index is 697. The van der Waals surface area contributed by atoms with Gasteiger partial charge in [-0.3, -0.25) is 4.39 Å². The lowest BCUT2D eigenvalue weighted by atomic mass is 9.97. The van der Waals surface area contributed by atoms with Crippen LogP contribution in [0.5, 0.6) is 5.75 Å². The van der Waals surface area contributed by atoms with Crippen molar-refractivity contribution in [2.75, 3.05) is 51.4 Å². The Hall–Kier alpha value is -2.07. The zero-order valence-corrected chi connectivity index (χ0v) is 15.9. The highest BCUT2D eigenvalue weighted by Gasteiger charge is 2.20. The average molecular weight is 356 g/mol. The minimum Gasteiger partial charge on any atom is -0.496 e. The second-order valence-corrected chi connectivity index (χ2v) is 6.77. The molecule has 0 N–H and O–H groups in total. The van der Waals surface area contributed by atoms with Crippen molar-refractivity contribution in [1.82, 2.24) is 4.90 Å². The fraction of sp³-hybridized carbons (Fsp3) is 0.455. The van der Waals surface area contributed by atoms with Gasteiger partial charge in [0.25, 0.3) is 0 Å². The van der Waals surface area contributed by atoms with E-state index in [9.17, 15) is 4.39 Å². The Balaban J connectivity index is 1.99. The molecule has 0 amide bonds. The smallest absolute Gasteiger partial charge is 0.130 e. The molecule has 0 unspecified atom stereocenters. The van der Waals surface area contributed by atoms with Gasteiger partial charge in [-0.2, -0.15) is 0 Å². The molecule has 1 aliphatic heterocycles. The van der Waals surface area contributed by atoms with Gasteiger partial charge in [0.15, 0.2) is 0 Å². The molecule has 2 aromatic rings. The number of alkyl halides is 1. The van der Waals surface area contributed by atoms with Crippen molar-refractivity contribution in [2.45, 2.75) is 19.8 Å². The van der Waals surface area contributed by atoms with Crippen molar-refractivity contribution in [3.63, 3.8) is 0 Å². The van der Waals surface area contributed by atoms with Crippen molar-refractivity contribution in [3.8, 4) is 16.9 Å². The van der Waals surface area contributed by atoms with Crippen molar-refractivity contribution in [1.29, 1.82) is 0 Å². The first-order chi connectivity index (χ1) is 12.8. The maximum Gasteiger partial charge on any atom is 0.130 e. The minimum absolute atomic E-state index is 0.302. The number of methoxy groups -OCH3 is 1. The van der Waals surface area contributed by atoms with Gasteiger partial charge in [0.1, 0.15) is 5.75 Å². The summed E-state index contributed by atoms with van der Waals surface area (Å²) in [4.78, 5) is 4.92. The lowest BCUT2D eigenvalue weighted by Gasteiger charge is -2.36. The molecule has 26 heavy (non-hydrogen) atoms. The van der Waals surface area contributed by atoms with Crippen LogP contribution in [0.25, 0.3) is 11.1 Å². The van der Waals surface area contributed by atoms with Crippen LogP contribution in [0.1, 0.15) is 18.9 Å². The van der Waals surface area contributed by atoms with Gasteiger partial charge < -0.3 is 14.5 Å². The summed E-state index contributed by atoms with van der Waals surface area (Å²) >= 11 is 0. The molecule has 0 radical (unpaired) electrons. The van der Waals surface area contributed by atoms with E-state index in [0.717, 1.165) is 55.2 Å². The molecule has 140 valence electrons. The second-order valence-electron chi connectivity index (χ2n) is 6.77. The van der Waals surface area contributed by atoms with E-state index in [1.807, 2.05) is 18.2 Å². The molecule has 0 aromatic heterocycles. The number of ether oxygens (including phenoxy) is 1. The maximum atomic E-state index is 12.8. The van der Waals surface area contributed by atoms with Gasteiger partial charge in [0.2, 0.25) is 0 Å². The van der Waals surface area contributed by atoms with Crippen molar-refractivity contribution in [2.24, 2.45) is 0 Å². The molecule has 0 bridgehead atoms. The van der Waals surface area contributed by atoms with Crippen molar-refractivity contribution in [3.05, 3.63) is 48.0 Å². The third kappa shape index (κ3) is 4.18. The summed E-state index contributed by atoms with van der Waals surface area (Å²) in [7, 11) is 1.71. The lowest BCUT2D eigenvalue weighted by molar-refractivity contribution is 0.271. The monoisotopic (exact) mass is 356 g/mol. The Labute approximate surface area is 156 Å². The van der Waals surface area contributed by atoms with Crippen LogP contribution in [0.2, 0.25) is 0 Å². The van der Waals surface area contributed by atoms with Crippen LogP contribution in [0.4, 0.5) is 10.1 Å². The number of hydrogen-bond donors (Lipinski definition) is 0. The van der Waals surface area contributed by atoms with E-state index in [1.54, 1.807) is 7.11 Å². The van der Waals surface area contributed by atoms with E-state index < -0.39 is 0 Å². The number of rotatable bonds is 7. The summed E-state index contributed by atoms with van der Waals surface area (Å²) in [5.74, 6) is 0.876. The minimum atomic E-state index is -0.302. The van der Waals surface area contributed by atoms with Crippen LogP contribution in [-0.2, 0) is 6.42 Å². The number of nitrogens with zero attached hydrogens (tertiary/aromatic N) is 2. The van der Waals surface area contributed by atoms with Crippen LogP contribution in [-0.4, -0.2) is 51.4 Å². The normalized spacial score (nSPS) is 15.3. The number of anilines is 1. The highest BCUT2D eigenvalue weighted by atomic mass is 19.1. The highest BCUT2D eigenvalue weighted by Crippen LogP contribution is 2.38. The molecule has 0 aliphatic carbocycles. The number of halogens is 1. The SMILES string of the molecule is CCN1CCN(c2cc(CCCF)c(OC)c(-c3ccccc3)c2)CC1. The fourth-order valence-corrected chi connectivity index (χ4v) is 3.69. The first kappa shape index (κ1) is 18.7. The van der Waals surface area contributed by atoms with E-state index in [4.69, 9.17) is 4.74 Å². The molecule has 0 saturated carbocycles. The summed E-state index contributed by atoms with van der Waals surface area (Å²) in [5.41, 5.74) is 4.55. The molecule has 0 atom stereocenters. The van der Waals surface area contributed by atoms with E-state index in [2.05, 4.69) is 41.0 Å². The van der Waals surface area contributed by atoms with E-state index in [0.29, 0.717) is 12.8 Å². The van der Waals surface area contributed by atoms with Crippen LogP contribution in [0, 0.1) is 0 Å². The van der Waals surface area contributed by atoms with Gasteiger partial charge in [-0.15, -0.1) is 0 Å². The van der Waals surface area contributed by atoms with Gasteiger partial charge >= 0.3 is 0 Å². The summed E-state index contributed by atoms with van der Waals surface area (Å²) in [6.07, 6.45) is 1.22. The van der Waals surface area contributed by atoms with Crippen molar-refractivity contribution >= 4 is 5.69 Å². The van der Waals surface area contributed by atoms with Gasteiger partial charge in [-0.05, 0) is 42.6 Å². The van der Waals surface area contributed by atoms with Gasteiger partial charge in [0.05, 0.1) is 13.8 Å². The standard InChI is InChI=1S/C22H29FN2O/c1-3-24-12-14-25(15-13-24)20-16-19(10-7-11-23)22(26-2)21(17-20)18-8-5-4-6-9-18/h4-6,8-9,16-17H,3,7,10-15H2,1-2H3. The van der Waals surface area contributed by atoms with Gasteiger partial charge in [-0.25, -0.2) is 0 Å². The van der Waals surface area contributed by atoms with Crippen LogP contribution >= 0.6 is 0 Å². The molecule has 3 rings (SSSR count). The zero-order chi connectivity index (χ0) is 18.4. The molecule has 1 heterocycles. The van der Waals surface area contributed by atoms with E-state index >= 15 is 0 Å². The summed E-state index contributed by atoms with van der Waals surface area (Å²) in [6.45, 7) is 7.24. The maximum absolute atomic E-state index is 12.8. The lowest BCUT2D eigenvalue weighted by Crippen LogP contribution is -2.46. The van der Waals surface area contributed by atoms with E-state index in [-0.39, 0.29) is 6.67 Å². The molecular weight excluding hydrogens is 327 g/mol. The van der Waals surface area contributed by atoms with Crippen molar-refractivity contribution < 1.29 is 9.13 Å². The Morgan fingerprint density at radius 3 is 2.38 bits per heavy atom. The third-order valence-corrected chi connectivity index (χ3v) is 5.20. The molecule has 1 saturated heterocycles. The van der Waals surface area contributed by atoms with Crippen LogP contribution < -0.4 is 9.64 Å². The summed E-state index contributed by atoms with van der Waals surface area (Å²) in [5, 5.41) is 0. The predicted octanol–water partition coefficient (Wildman–Crippen LogP) is 4.41. The molecule has 0 spiro atoms. The largest absolute Gasteiger partial charge is 0.496 e. The predicted molar refractivity (Wildman–Crippen MR) is 107 cm³/mol. The quantitative estimate of drug-likeness (QED) is 0.731. The molecule has 2 aromatic carbocycles. The number of benzene rings is 2. The average Bonchev–Trinajstić information content (AvgIpc) is 2.72. The number of hydrogen-bond acceptors (Lipinski definition) is 3. The third-order valence-electron chi connectivity index (χ3n) is 5.20. The zero-order valence-electron chi connectivity index (χ0n) is 15.9. The second kappa shape index (κ2) is 9.04. The molecule has 3 nitrogen and oxygen atoms in total. The first-order valence-corrected chi connectivity index (χ1v) is 9.56. The van der Waals surface area contributed by atoms with Crippen LogP contribution in [0.15, 0.2) is 42.5 Å². The Morgan fingerprint density at radius 2 is 1.77 bits per heavy atom. The van der Waals surface area contributed by atoms with Crippen LogP contribution in [0.3, 0.4) is 0 Å². The molecule has 1 fully saturated rings. The fourth-order valence-electron chi connectivity index (χ4n) is 3.69. The molecule has 1 aliphatic rings. The topological polar surface area (TPSA) is 15.7 Å². The highest BCUT2D eigenvalue weighted by molar-refractivity contribution is 5.77. The summed E-state index contributed by atoms with van der Waals surface area (Å²) in [6, 6.07) is 14.8. The van der Waals surface area contributed by atoms with Gasteiger partial charge in [0, 0.05) is 37.4 Å². The number of aryl methyl sites for hydroxylation is 1. The summed E-state index contributed by atoms with van der Waals surface area (Å²) < 4.78 is 18.6. The molecule has 4 heteroatoms. The number of piperazine rings is 1. The van der Waals surface area contributed by atoms with E-state index in [1.165, 1.54) is 5.69 Å².